The number of hydrogen-bond donors (Lipinski definition) is 4. The molecule has 1 heterocycles. The van der Waals surface area contributed by atoms with Gasteiger partial charge in [0.25, 0.3) is 0 Å². The van der Waals surface area contributed by atoms with Crippen LogP contribution in [0.5, 0.6) is 5.75 Å². The number of carbonyl (C=O) groups is 1. The van der Waals surface area contributed by atoms with Crippen LogP contribution < -0.4 is 4.74 Å². The van der Waals surface area contributed by atoms with Crippen LogP contribution in [0.15, 0.2) is 42.5 Å². The van der Waals surface area contributed by atoms with E-state index in [0.29, 0.717) is 24.2 Å². The zero-order chi connectivity index (χ0) is 24.7. The normalized spacial score (nSPS) is 24.6. The Labute approximate surface area is 199 Å². The first-order valence-electron chi connectivity index (χ1n) is 11.7. The van der Waals surface area contributed by atoms with Gasteiger partial charge in [-0.3, -0.25) is 4.79 Å². The van der Waals surface area contributed by atoms with Crippen LogP contribution >= 0.6 is 0 Å². The Morgan fingerprint density at radius 2 is 1.62 bits per heavy atom. The molecule has 1 fully saturated rings. The van der Waals surface area contributed by atoms with Crippen molar-refractivity contribution in [3.63, 3.8) is 0 Å². The van der Waals surface area contributed by atoms with Crippen LogP contribution in [0.4, 0.5) is 0 Å². The standard InChI is InChI=1S/C26H34O8/c1-3-5-22(28)32-15-21-23(29)24(30)25(31)26(34-21)33-20-13-18(14-27)10-11-19(20)12-17-8-6-16(4-2)7-9-17/h6-11,13,21,23-27,29-31H,3-5,12,14-15H2,1-2H3/t21-,23-,24+,25-,26+/m1/s1. The summed E-state index contributed by atoms with van der Waals surface area (Å²) in [5.41, 5.74) is 3.69. The lowest BCUT2D eigenvalue weighted by Gasteiger charge is -2.40. The Morgan fingerprint density at radius 1 is 0.941 bits per heavy atom. The minimum atomic E-state index is -1.56. The van der Waals surface area contributed by atoms with Crippen molar-refractivity contribution >= 4 is 5.97 Å². The fraction of sp³-hybridized carbons (Fsp3) is 0.500. The maximum atomic E-state index is 11.7. The van der Waals surface area contributed by atoms with Gasteiger partial charge in [-0.25, -0.2) is 0 Å². The molecule has 2 aromatic carbocycles. The summed E-state index contributed by atoms with van der Waals surface area (Å²) in [5, 5.41) is 40.7. The Hall–Kier alpha value is -2.49. The van der Waals surface area contributed by atoms with Gasteiger partial charge in [-0.2, -0.15) is 0 Å². The van der Waals surface area contributed by atoms with E-state index >= 15 is 0 Å². The quantitative estimate of drug-likeness (QED) is 0.385. The number of benzene rings is 2. The average Bonchev–Trinajstić information content (AvgIpc) is 2.85. The van der Waals surface area contributed by atoms with Crippen molar-refractivity contribution in [3.8, 4) is 5.75 Å². The predicted molar refractivity (Wildman–Crippen MR) is 124 cm³/mol. The number of aryl methyl sites for hydroxylation is 1. The lowest BCUT2D eigenvalue weighted by molar-refractivity contribution is -0.278. The number of aliphatic hydroxyl groups excluding tert-OH is 4. The first-order chi connectivity index (χ1) is 16.4. The molecule has 0 saturated carbocycles. The summed E-state index contributed by atoms with van der Waals surface area (Å²) in [6.45, 7) is 3.45. The number of esters is 1. The van der Waals surface area contributed by atoms with Crippen LogP contribution in [-0.2, 0) is 33.7 Å². The summed E-state index contributed by atoms with van der Waals surface area (Å²) < 4.78 is 16.8. The topological polar surface area (TPSA) is 126 Å². The highest BCUT2D eigenvalue weighted by Gasteiger charge is 2.45. The predicted octanol–water partition coefficient (Wildman–Crippen LogP) is 1.86. The number of hydrogen-bond acceptors (Lipinski definition) is 8. The van der Waals surface area contributed by atoms with E-state index in [4.69, 9.17) is 14.2 Å². The van der Waals surface area contributed by atoms with Gasteiger partial charge in [0.1, 0.15) is 36.8 Å². The van der Waals surface area contributed by atoms with E-state index in [1.54, 1.807) is 12.1 Å². The van der Waals surface area contributed by atoms with Gasteiger partial charge >= 0.3 is 5.97 Å². The monoisotopic (exact) mass is 474 g/mol. The summed E-state index contributed by atoms with van der Waals surface area (Å²) in [4.78, 5) is 11.7. The molecule has 1 aliphatic heterocycles. The first kappa shape index (κ1) is 26.1. The molecule has 186 valence electrons. The minimum Gasteiger partial charge on any atom is -0.463 e. The molecule has 0 bridgehead atoms. The largest absolute Gasteiger partial charge is 0.463 e. The molecule has 8 heteroatoms. The van der Waals surface area contributed by atoms with E-state index in [9.17, 15) is 25.2 Å². The lowest BCUT2D eigenvalue weighted by Crippen LogP contribution is -2.60. The Balaban J connectivity index is 1.78. The van der Waals surface area contributed by atoms with Gasteiger partial charge in [-0.15, -0.1) is 0 Å². The Bertz CT molecular complexity index is 929. The molecular weight excluding hydrogens is 440 g/mol. The highest BCUT2D eigenvalue weighted by atomic mass is 16.7. The summed E-state index contributed by atoms with van der Waals surface area (Å²) >= 11 is 0. The molecule has 5 atom stereocenters. The highest BCUT2D eigenvalue weighted by Crippen LogP contribution is 2.29. The highest BCUT2D eigenvalue weighted by molar-refractivity contribution is 5.69. The maximum absolute atomic E-state index is 11.7. The first-order valence-corrected chi connectivity index (χ1v) is 11.7. The van der Waals surface area contributed by atoms with Crippen molar-refractivity contribution in [2.45, 2.75) is 76.8 Å². The molecule has 0 unspecified atom stereocenters. The maximum Gasteiger partial charge on any atom is 0.305 e. The molecular formula is C26H34O8. The fourth-order valence-corrected chi connectivity index (χ4v) is 3.79. The summed E-state index contributed by atoms with van der Waals surface area (Å²) in [7, 11) is 0. The van der Waals surface area contributed by atoms with Crippen LogP contribution in [0, 0.1) is 0 Å². The lowest BCUT2D eigenvalue weighted by atomic mass is 9.98. The summed E-state index contributed by atoms with van der Waals surface area (Å²) in [6, 6.07) is 13.5. The molecule has 0 aliphatic carbocycles. The molecule has 3 rings (SSSR count). The van der Waals surface area contributed by atoms with Gasteiger partial charge in [-0.1, -0.05) is 50.2 Å². The van der Waals surface area contributed by atoms with Crippen molar-refractivity contribution in [1.29, 1.82) is 0 Å². The summed E-state index contributed by atoms with van der Waals surface area (Å²) in [6.07, 6.45) is -4.61. The molecule has 34 heavy (non-hydrogen) atoms. The van der Waals surface area contributed by atoms with Crippen LogP contribution in [0.2, 0.25) is 0 Å². The van der Waals surface area contributed by atoms with Gasteiger partial charge in [0.2, 0.25) is 6.29 Å². The van der Waals surface area contributed by atoms with Crippen LogP contribution in [0.1, 0.15) is 48.9 Å². The SMILES string of the molecule is CCCC(=O)OC[C@H]1O[C@H](Oc2cc(CO)ccc2Cc2ccc(CC)cc2)[C@H](O)[C@@H](O)[C@@H]1O. The zero-order valence-corrected chi connectivity index (χ0v) is 19.6. The van der Waals surface area contributed by atoms with Crippen molar-refractivity contribution in [3.05, 3.63) is 64.7 Å². The third-order valence-electron chi connectivity index (χ3n) is 5.91. The van der Waals surface area contributed by atoms with Gasteiger partial charge in [0.05, 0.1) is 6.61 Å². The molecule has 4 N–H and O–H groups in total. The summed E-state index contributed by atoms with van der Waals surface area (Å²) in [5.74, 6) is -0.0658. The van der Waals surface area contributed by atoms with E-state index < -0.39 is 36.7 Å². The van der Waals surface area contributed by atoms with E-state index in [2.05, 4.69) is 19.1 Å². The number of aliphatic hydroxyl groups is 4. The van der Waals surface area contributed by atoms with Crippen molar-refractivity contribution < 1.29 is 39.4 Å². The number of carbonyl (C=O) groups excluding carboxylic acids is 1. The molecule has 0 radical (unpaired) electrons. The minimum absolute atomic E-state index is 0.201. The van der Waals surface area contributed by atoms with Gasteiger partial charge in [-0.05, 0) is 41.2 Å². The van der Waals surface area contributed by atoms with Crippen LogP contribution in [-0.4, -0.2) is 63.7 Å². The number of rotatable bonds is 10. The second kappa shape index (κ2) is 12.3. The molecule has 1 saturated heterocycles. The van der Waals surface area contributed by atoms with Crippen LogP contribution in [0.25, 0.3) is 0 Å². The third-order valence-corrected chi connectivity index (χ3v) is 5.91. The zero-order valence-electron chi connectivity index (χ0n) is 19.6. The number of ether oxygens (including phenoxy) is 3. The molecule has 2 aromatic rings. The van der Waals surface area contributed by atoms with Gasteiger partial charge < -0.3 is 34.6 Å². The van der Waals surface area contributed by atoms with E-state index in [1.165, 1.54) is 5.56 Å². The van der Waals surface area contributed by atoms with Crippen molar-refractivity contribution in [1.82, 2.24) is 0 Å². The fourth-order valence-electron chi connectivity index (χ4n) is 3.79. The van der Waals surface area contributed by atoms with Gasteiger partial charge in [0.15, 0.2) is 0 Å². The van der Waals surface area contributed by atoms with Crippen LogP contribution in [0.3, 0.4) is 0 Å². The second-order valence-electron chi connectivity index (χ2n) is 8.51. The third kappa shape index (κ3) is 6.55. The van der Waals surface area contributed by atoms with Crippen molar-refractivity contribution in [2.24, 2.45) is 0 Å². The smallest absolute Gasteiger partial charge is 0.305 e. The molecule has 1 aliphatic rings. The second-order valence-corrected chi connectivity index (χ2v) is 8.51. The molecule has 0 amide bonds. The van der Waals surface area contributed by atoms with E-state index in [0.717, 1.165) is 17.5 Å². The van der Waals surface area contributed by atoms with Gasteiger partial charge in [0, 0.05) is 12.8 Å². The Kier molecular flexibility index (Phi) is 9.44. The van der Waals surface area contributed by atoms with E-state index in [-0.39, 0.29) is 19.6 Å². The van der Waals surface area contributed by atoms with E-state index in [1.807, 2.05) is 25.1 Å². The van der Waals surface area contributed by atoms with Crippen molar-refractivity contribution in [2.75, 3.05) is 6.61 Å². The Morgan fingerprint density at radius 3 is 2.26 bits per heavy atom. The average molecular weight is 475 g/mol. The molecule has 8 nitrogen and oxygen atoms in total. The molecule has 0 aromatic heterocycles. The molecule has 0 spiro atoms.